The molecule has 0 heterocycles. The zero-order valence-electron chi connectivity index (χ0n) is 15.1. The molecule has 2 aromatic rings. The van der Waals surface area contributed by atoms with Gasteiger partial charge in [-0.1, -0.05) is 6.07 Å². The van der Waals surface area contributed by atoms with Gasteiger partial charge in [-0.2, -0.15) is 0 Å². The van der Waals surface area contributed by atoms with Crippen LogP contribution < -0.4 is 21.3 Å². The summed E-state index contributed by atoms with van der Waals surface area (Å²) in [6, 6.07) is 12.8. The van der Waals surface area contributed by atoms with E-state index in [1.807, 2.05) is 0 Å². The molecule has 0 aromatic heterocycles. The number of rotatable bonds is 8. The zero-order chi connectivity index (χ0) is 19.9. The summed E-state index contributed by atoms with van der Waals surface area (Å²) in [6.07, 6.45) is 2.01. The van der Waals surface area contributed by atoms with Gasteiger partial charge >= 0.3 is 6.03 Å². The van der Waals surface area contributed by atoms with Crippen molar-refractivity contribution in [3.05, 3.63) is 64.2 Å². The van der Waals surface area contributed by atoms with Crippen LogP contribution in [-0.2, 0) is 0 Å². The minimum Gasteiger partial charge on any atom is -0.383 e. The third-order valence-electron chi connectivity index (χ3n) is 4.11. The fourth-order valence-corrected chi connectivity index (χ4v) is 2.50. The third-order valence-corrected chi connectivity index (χ3v) is 4.11. The molecule has 9 heteroatoms. The second kappa shape index (κ2) is 8.85. The van der Waals surface area contributed by atoms with Crippen molar-refractivity contribution in [2.75, 3.05) is 23.7 Å². The fourth-order valence-electron chi connectivity index (χ4n) is 2.50. The number of carbonyl (C=O) groups excluding carboxylic acids is 2. The summed E-state index contributed by atoms with van der Waals surface area (Å²) in [4.78, 5) is 34.2. The van der Waals surface area contributed by atoms with Gasteiger partial charge in [-0.15, -0.1) is 0 Å². The van der Waals surface area contributed by atoms with Gasteiger partial charge in [0, 0.05) is 48.2 Å². The molecule has 1 aliphatic carbocycles. The lowest BCUT2D eigenvalue weighted by Crippen LogP contribution is -2.31. The van der Waals surface area contributed by atoms with E-state index in [9.17, 15) is 19.7 Å². The normalized spacial score (nSPS) is 12.7. The molecule has 1 fully saturated rings. The quantitative estimate of drug-likeness (QED) is 0.317. The minimum absolute atomic E-state index is 0.0261. The Morgan fingerprint density at radius 3 is 2.46 bits per heavy atom. The summed E-state index contributed by atoms with van der Waals surface area (Å²) in [6.45, 7) is 0.834. The maximum absolute atomic E-state index is 12.3. The van der Waals surface area contributed by atoms with Crippen molar-refractivity contribution in [3.8, 4) is 0 Å². The maximum Gasteiger partial charge on any atom is 0.319 e. The summed E-state index contributed by atoms with van der Waals surface area (Å²) in [5.41, 5.74) is 1.75. The molecule has 0 atom stereocenters. The van der Waals surface area contributed by atoms with E-state index in [1.54, 1.807) is 36.4 Å². The van der Waals surface area contributed by atoms with Crippen molar-refractivity contribution < 1.29 is 14.5 Å². The predicted molar refractivity (Wildman–Crippen MR) is 106 cm³/mol. The molecule has 0 unspecified atom stereocenters. The number of amides is 3. The standard InChI is InChI=1S/C19H21N5O4/c25-18(21-11-10-20-14-6-8-17(9-7-14)24(27)28)13-2-1-3-16(12-13)23-19(26)22-15-4-5-15/h1-3,6-9,12,15,20H,4-5,10-11H2,(H,21,25)(H2,22,23,26). The Morgan fingerprint density at radius 2 is 1.79 bits per heavy atom. The van der Waals surface area contributed by atoms with Crippen LogP contribution in [0.1, 0.15) is 23.2 Å². The van der Waals surface area contributed by atoms with E-state index in [1.165, 1.54) is 12.1 Å². The number of nitro groups is 1. The van der Waals surface area contributed by atoms with Gasteiger partial charge in [0.1, 0.15) is 0 Å². The first-order valence-corrected chi connectivity index (χ1v) is 8.95. The van der Waals surface area contributed by atoms with Crippen LogP contribution in [0.2, 0.25) is 0 Å². The Kier molecular flexibility index (Phi) is 6.05. The molecule has 4 N–H and O–H groups in total. The average Bonchev–Trinajstić information content (AvgIpc) is 3.49. The Bertz CT molecular complexity index is 865. The first kappa shape index (κ1) is 19.2. The highest BCUT2D eigenvalue weighted by atomic mass is 16.6. The van der Waals surface area contributed by atoms with Crippen molar-refractivity contribution in [2.24, 2.45) is 0 Å². The van der Waals surface area contributed by atoms with E-state index in [-0.39, 0.29) is 23.7 Å². The van der Waals surface area contributed by atoms with Crippen molar-refractivity contribution in [3.63, 3.8) is 0 Å². The predicted octanol–water partition coefficient (Wildman–Crippen LogP) is 2.72. The number of benzene rings is 2. The molecule has 0 aliphatic heterocycles. The van der Waals surface area contributed by atoms with Crippen LogP contribution in [0.15, 0.2) is 48.5 Å². The Morgan fingerprint density at radius 1 is 1.04 bits per heavy atom. The number of nitro benzene ring substituents is 1. The summed E-state index contributed by atoms with van der Waals surface area (Å²) in [7, 11) is 0. The molecule has 3 amide bonds. The molecule has 28 heavy (non-hydrogen) atoms. The lowest BCUT2D eigenvalue weighted by atomic mass is 10.2. The van der Waals surface area contributed by atoms with Crippen LogP contribution in [0.25, 0.3) is 0 Å². The Labute approximate surface area is 161 Å². The van der Waals surface area contributed by atoms with Crippen LogP contribution in [0.3, 0.4) is 0 Å². The molecular formula is C19H21N5O4. The van der Waals surface area contributed by atoms with Crippen LogP contribution in [-0.4, -0.2) is 36.0 Å². The fraction of sp³-hybridized carbons (Fsp3) is 0.263. The van der Waals surface area contributed by atoms with Crippen LogP contribution in [0.4, 0.5) is 21.9 Å². The maximum atomic E-state index is 12.3. The van der Waals surface area contributed by atoms with E-state index >= 15 is 0 Å². The molecule has 1 saturated carbocycles. The van der Waals surface area contributed by atoms with Gasteiger partial charge in [-0.3, -0.25) is 14.9 Å². The first-order valence-electron chi connectivity index (χ1n) is 8.95. The van der Waals surface area contributed by atoms with Crippen molar-refractivity contribution >= 4 is 29.0 Å². The van der Waals surface area contributed by atoms with E-state index in [0.29, 0.717) is 24.3 Å². The highest BCUT2D eigenvalue weighted by Crippen LogP contribution is 2.19. The average molecular weight is 383 g/mol. The van der Waals surface area contributed by atoms with Gasteiger partial charge in [-0.25, -0.2) is 4.79 Å². The van der Waals surface area contributed by atoms with Crippen molar-refractivity contribution in [1.82, 2.24) is 10.6 Å². The molecule has 3 rings (SSSR count). The van der Waals surface area contributed by atoms with Crippen molar-refractivity contribution in [2.45, 2.75) is 18.9 Å². The summed E-state index contributed by atoms with van der Waals surface area (Å²) >= 11 is 0. The number of anilines is 2. The molecule has 0 radical (unpaired) electrons. The highest BCUT2D eigenvalue weighted by molar-refractivity contribution is 5.97. The SMILES string of the molecule is O=C(Nc1cccc(C(=O)NCCNc2ccc([N+](=O)[O-])cc2)c1)NC1CC1. The number of hydrogen-bond donors (Lipinski definition) is 4. The van der Waals surface area contributed by atoms with E-state index in [0.717, 1.165) is 18.5 Å². The molecule has 0 saturated heterocycles. The lowest BCUT2D eigenvalue weighted by molar-refractivity contribution is -0.384. The monoisotopic (exact) mass is 383 g/mol. The molecule has 9 nitrogen and oxygen atoms in total. The van der Waals surface area contributed by atoms with Crippen LogP contribution in [0, 0.1) is 10.1 Å². The van der Waals surface area contributed by atoms with Crippen LogP contribution >= 0.6 is 0 Å². The van der Waals surface area contributed by atoms with Gasteiger partial charge in [0.2, 0.25) is 0 Å². The number of hydrogen-bond acceptors (Lipinski definition) is 5. The number of urea groups is 1. The molecule has 0 bridgehead atoms. The van der Waals surface area contributed by atoms with Gasteiger partial charge < -0.3 is 21.3 Å². The van der Waals surface area contributed by atoms with Gasteiger partial charge in [0.25, 0.3) is 11.6 Å². The second-order valence-corrected chi connectivity index (χ2v) is 6.44. The van der Waals surface area contributed by atoms with Crippen LogP contribution in [0.5, 0.6) is 0 Å². The number of nitrogens with one attached hydrogen (secondary N) is 4. The number of non-ortho nitro benzene ring substituents is 1. The molecule has 146 valence electrons. The first-order chi connectivity index (χ1) is 13.5. The highest BCUT2D eigenvalue weighted by Gasteiger charge is 2.23. The number of carbonyl (C=O) groups is 2. The topological polar surface area (TPSA) is 125 Å². The molecule has 1 aliphatic rings. The largest absolute Gasteiger partial charge is 0.383 e. The summed E-state index contributed by atoms with van der Waals surface area (Å²) in [5.74, 6) is -0.253. The Balaban J connectivity index is 1.43. The third kappa shape index (κ3) is 5.70. The zero-order valence-corrected chi connectivity index (χ0v) is 15.1. The number of nitrogens with zero attached hydrogens (tertiary/aromatic N) is 1. The lowest BCUT2D eigenvalue weighted by Gasteiger charge is -2.10. The van der Waals surface area contributed by atoms with Gasteiger partial charge in [0.05, 0.1) is 4.92 Å². The Hall–Kier alpha value is -3.62. The smallest absolute Gasteiger partial charge is 0.319 e. The summed E-state index contributed by atoms with van der Waals surface area (Å²) in [5, 5.41) is 22.0. The van der Waals surface area contributed by atoms with Gasteiger partial charge in [0.15, 0.2) is 0 Å². The molecular weight excluding hydrogens is 362 g/mol. The van der Waals surface area contributed by atoms with E-state index in [4.69, 9.17) is 0 Å². The van der Waals surface area contributed by atoms with E-state index in [2.05, 4.69) is 21.3 Å². The van der Waals surface area contributed by atoms with Crippen molar-refractivity contribution in [1.29, 1.82) is 0 Å². The van der Waals surface area contributed by atoms with E-state index < -0.39 is 4.92 Å². The minimum atomic E-state index is -0.456. The molecule has 0 spiro atoms. The molecule has 2 aromatic carbocycles. The van der Waals surface area contributed by atoms with Gasteiger partial charge in [-0.05, 0) is 43.2 Å². The summed E-state index contributed by atoms with van der Waals surface area (Å²) < 4.78 is 0. The second-order valence-electron chi connectivity index (χ2n) is 6.44.